The van der Waals surface area contributed by atoms with Crippen LogP contribution in [-0.2, 0) is 6.54 Å². The minimum Gasteiger partial charge on any atom is -0.313 e. The second-order valence-corrected chi connectivity index (χ2v) is 4.83. The predicted molar refractivity (Wildman–Crippen MR) is 81.0 cm³/mol. The number of rotatable bonds is 4. The van der Waals surface area contributed by atoms with Crippen LogP contribution >= 0.6 is 0 Å². The average Bonchev–Trinajstić information content (AvgIpc) is 2.91. The van der Waals surface area contributed by atoms with Gasteiger partial charge in [0.05, 0.1) is 5.69 Å². The van der Waals surface area contributed by atoms with Gasteiger partial charge in [0, 0.05) is 24.3 Å². The molecular weight excluding hydrogens is 248 g/mol. The highest BCUT2D eigenvalue weighted by Crippen LogP contribution is 2.23. The third-order valence-electron chi connectivity index (χ3n) is 3.36. The number of pyridine rings is 1. The first-order valence-electron chi connectivity index (χ1n) is 6.89. The van der Waals surface area contributed by atoms with Crippen molar-refractivity contribution in [3.05, 3.63) is 54.0 Å². The smallest absolute Gasteiger partial charge is 0.161 e. The lowest BCUT2D eigenvalue weighted by molar-refractivity contribution is 0.727. The van der Waals surface area contributed by atoms with Crippen LogP contribution in [0.4, 0.5) is 0 Å². The lowest BCUT2D eigenvalue weighted by Crippen LogP contribution is -2.13. The Morgan fingerprint density at radius 3 is 2.65 bits per heavy atom. The summed E-state index contributed by atoms with van der Waals surface area (Å²) in [5.74, 6) is 0.883. The Hall–Kier alpha value is -2.20. The lowest BCUT2D eigenvalue weighted by atomic mass is 10.1. The molecule has 20 heavy (non-hydrogen) atoms. The van der Waals surface area contributed by atoms with E-state index in [4.69, 9.17) is 0 Å². The molecule has 4 nitrogen and oxygen atoms in total. The lowest BCUT2D eigenvalue weighted by Gasteiger charge is -2.10. The van der Waals surface area contributed by atoms with Gasteiger partial charge in [0.25, 0.3) is 0 Å². The first kappa shape index (κ1) is 12.8. The van der Waals surface area contributed by atoms with Gasteiger partial charge < -0.3 is 5.32 Å². The van der Waals surface area contributed by atoms with Crippen molar-refractivity contribution in [2.24, 2.45) is 0 Å². The third kappa shape index (κ3) is 2.30. The molecule has 0 fully saturated rings. The normalized spacial score (nSPS) is 11.1. The van der Waals surface area contributed by atoms with Crippen molar-refractivity contribution in [3.63, 3.8) is 0 Å². The van der Waals surface area contributed by atoms with Crippen LogP contribution in [0.25, 0.3) is 16.6 Å². The summed E-state index contributed by atoms with van der Waals surface area (Å²) in [5, 5.41) is 10.2. The number of aryl methyl sites for hydroxylation is 1. The standard InChI is InChI=1S/C16H18N4/c1-3-17-10-13-11-18-16(20-9-8-12(2)19-20)15-7-5-4-6-14(13)15/h4-9,11,17H,3,10H2,1-2H3. The summed E-state index contributed by atoms with van der Waals surface area (Å²) in [4.78, 5) is 4.60. The molecule has 0 bridgehead atoms. The summed E-state index contributed by atoms with van der Waals surface area (Å²) in [6.07, 6.45) is 3.89. The van der Waals surface area contributed by atoms with Crippen LogP contribution in [0.2, 0.25) is 0 Å². The Bertz CT molecular complexity index is 730. The molecule has 0 aliphatic heterocycles. The zero-order chi connectivity index (χ0) is 13.9. The van der Waals surface area contributed by atoms with Gasteiger partial charge >= 0.3 is 0 Å². The maximum absolute atomic E-state index is 4.60. The molecule has 2 heterocycles. The van der Waals surface area contributed by atoms with Gasteiger partial charge in [-0.2, -0.15) is 5.10 Å². The van der Waals surface area contributed by atoms with Crippen molar-refractivity contribution in [3.8, 4) is 5.82 Å². The van der Waals surface area contributed by atoms with E-state index in [9.17, 15) is 0 Å². The molecule has 1 N–H and O–H groups in total. The van der Waals surface area contributed by atoms with Crippen LogP contribution < -0.4 is 5.32 Å². The quantitative estimate of drug-likeness (QED) is 0.789. The molecular formula is C16H18N4. The molecule has 102 valence electrons. The van der Waals surface area contributed by atoms with Gasteiger partial charge in [0.1, 0.15) is 0 Å². The van der Waals surface area contributed by atoms with Gasteiger partial charge in [-0.25, -0.2) is 9.67 Å². The van der Waals surface area contributed by atoms with Crippen molar-refractivity contribution < 1.29 is 0 Å². The van der Waals surface area contributed by atoms with Crippen molar-refractivity contribution in [2.45, 2.75) is 20.4 Å². The fourth-order valence-corrected chi connectivity index (χ4v) is 2.35. The largest absolute Gasteiger partial charge is 0.313 e. The molecule has 4 heteroatoms. The highest BCUT2D eigenvalue weighted by Gasteiger charge is 2.09. The van der Waals surface area contributed by atoms with Crippen LogP contribution in [0.3, 0.4) is 0 Å². The molecule has 0 saturated heterocycles. The van der Waals surface area contributed by atoms with E-state index in [1.807, 2.05) is 36.1 Å². The van der Waals surface area contributed by atoms with E-state index in [0.717, 1.165) is 30.0 Å². The van der Waals surface area contributed by atoms with E-state index in [1.54, 1.807) is 0 Å². The molecule has 3 aromatic rings. The average molecular weight is 266 g/mol. The van der Waals surface area contributed by atoms with E-state index in [1.165, 1.54) is 10.9 Å². The Balaban J connectivity index is 2.15. The summed E-state index contributed by atoms with van der Waals surface area (Å²) < 4.78 is 1.84. The molecule has 0 aliphatic rings. The molecule has 0 unspecified atom stereocenters. The van der Waals surface area contributed by atoms with Crippen LogP contribution in [-0.4, -0.2) is 21.3 Å². The monoisotopic (exact) mass is 266 g/mol. The summed E-state index contributed by atoms with van der Waals surface area (Å²) in [5.41, 5.74) is 2.21. The first-order chi connectivity index (χ1) is 9.79. The Morgan fingerprint density at radius 2 is 1.95 bits per heavy atom. The number of nitrogens with one attached hydrogen (secondary N) is 1. The number of fused-ring (bicyclic) bond motifs is 1. The van der Waals surface area contributed by atoms with Crippen LogP contribution in [0, 0.1) is 6.92 Å². The van der Waals surface area contributed by atoms with Crippen molar-refractivity contribution >= 4 is 10.8 Å². The minimum absolute atomic E-state index is 0.836. The topological polar surface area (TPSA) is 42.7 Å². The molecule has 2 aromatic heterocycles. The zero-order valence-electron chi connectivity index (χ0n) is 11.8. The summed E-state index contributed by atoms with van der Waals surface area (Å²) in [7, 11) is 0. The second kappa shape index (κ2) is 5.43. The zero-order valence-corrected chi connectivity index (χ0v) is 11.8. The number of hydrogen-bond acceptors (Lipinski definition) is 3. The molecule has 0 amide bonds. The van der Waals surface area contributed by atoms with Gasteiger partial charge in [-0.3, -0.25) is 0 Å². The second-order valence-electron chi connectivity index (χ2n) is 4.83. The van der Waals surface area contributed by atoms with Gasteiger partial charge in [0.15, 0.2) is 5.82 Å². The summed E-state index contributed by atoms with van der Waals surface area (Å²) in [6.45, 7) is 5.88. The van der Waals surface area contributed by atoms with E-state index in [0.29, 0.717) is 0 Å². The molecule has 0 spiro atoms. The van der Waals surface area contributed by atoms with Crippen molar-refractivity contribution in [1.82, 2.24) is 20.1 Å². The van der Waals surface area contributed by atoms with Gasteiger partial charge in [0.2, 0.25) is 0 Å². The van der Waals surface area contributed by atoms with E-state index in [-0.39, 0.29) is 0 Å². The summed E-state index contributed by atoms with van der Waals surface area (Å²) in [6, 6.07) is 10.3. The highest BCUT2D eigenvalue weighted by molar-refractivity contribution is 5.90. The number of nitrogens with zero attached hydrogens (tertiary/aromatic N) is 3. The molecule has 0 saturated carbocycles. The van der Waals surface area contributed by atoms with Crippen LogP contribution in [0.5, 0.6) is 0 Å². The maximum Gasteiger partial charge on any atom is 0.161 e. The Morgan fingerprint density at radius 1 is 1.15 bits per heavy atom. The van der Waals surface area contributed by atoms with E-state index in [2.05, 4.69) is 40.5 Å². The van der Waals surface area contributed by atoms with Crippen LogP contribution in [0.15, 0.2) is 42.7 Å². The molecule has 0 radical (unpaired) electrons. The number of aromatic nitrogens is 3. The summed E-state index contributed by atoms with van der Waals surface area (Å²) >= 11 is 0. The SMILES string of the molecule is CCNCc1cnc(-n2ccc(C)n2)c2ccccc12. The van der Waals surface area contributed by atoms with Gasteiger partial charge in [-0.1, -0.05) is 31.2 Å². The fraction of sp³-hybridized carbons (Fsp3) is 0.250. The van der Waals surface area contributed by atoms with Crippen molar-refractivity contribution in [1.29, 1.82) is 0 Å². The van der Waals surface area contributed by atoms with Crippen molar-refractivity contribution in [2.75, 3.05) is 6.54 Å². The molecule has 0 atom stereocenters. The van der Waals surface area contributed by atoms with Gasteiger partial charge in [-0.15, -0.1) is 0 Å². The highest BCUT2D eigenvalue weighted by atomic mass is 15.3. The van der Waals surface area contributed by atoms with Crippen LogP contribution in [0.1, 0.15) is 18.2 Å². The van der Waals surface area contributed by atoms with Gasteiger partial charge in [-0.05, 0) is 30.5 Å². The maximum atomic E-state index is 4.60. The fourth-order valence-electron chi connectivity index (χ4n) is 2.35. The number of hydrogen-bond donors (Lipinski definition) is 1. The Labute approximate surface area is 118 Å². The predicted octanol–water partition coefficient (Wildman–Crippen LogP) is 2.84. The third-order valence-corrected chi connectivity index (χ3v) is 3.36. The van der Waals surface area contributed by atoms with E-state index >= 15 is 0 Å². The Kier molecular flexibility index (Phi) is 3.48. The number of benzene rings is 1. The molecule has 3 rings (SSSR count). The minimum atomic E-state index is 0.836. The first-order valence-corrected chi connectivity index (χ1v) is 6.89. The molecule has 0 aliphatic carbocycles. The van der Waals surface area contributed by atoms with E-state index < -0.39 is 0 Å². The molecule has 1 aromatic carbocycles.